The van der Waals surface area contributed by atoms with Gasteiger partial charge in [0.25, 0.3) is 11.8 Å². The van der Waals surface area contributed by atoms with Gasteiger partial charge in [0.05, 0.1) is 37.0 Å². The van der Waals surface area contributed by atoms with Crippen molar-refractivity contribution in [3.05, 3.63) is 78.1 Å². The summed E-state index contributed by atoms with van der Waals surface area (Å²) in [4.78, 5) is 32.9. The Balaban J connectivity index is 1.39. The number of fused-ring (bicyclic) bond motifs is 1. The zero-order valence-corrected chi connectivity index (χ0v) is 19.6. The van der Waals surface area contributed by atoms with Gasteiger partial charge >= 0.3 is 0 Å². The first kappa shape index (κ1) is 23.6. The lowest BCUT2D eigenvalue weighted by Gasteiger charge is -2.15. The Bertz CT molecular complexity index is 1320. The second-order valence-corrected chi connectivity index (χ2v) is 7.74. The highest BCUT2D eigenvalue weighted by atomic mass is 16.5. The SMILES string of the molecule is COc1ccccc1NC(=O)COc1ccc(C(=O)NC(C)c2nc3ccccc3[nH]2)cc1OC. The molecule has 9 nitrogen and oxygen atoms in total. The van der Waals surface area contributed by atoms with Gasteiger partial charge in [-0.3, -0.25) is 9.59 Å². The number of hydrogen-bond acceptors (Lipinski definition) is 6. The summed E-state index contributed by atoms with van der Waals surface area (Å²) in [5.74, 6) is 1.22. The van der Waals surface area contributed by atoms with E-state index >= 15 is 0 Å². The van der Waals surface area contributed by atoms with Crippen molar-refractivity contribution < 1.29 is 23.8 Å². The molecule has 35 heavy (non-hydrogen) atoms. The Labute approximate surface area is 202 Å². The number of aromatic amines is 1. The molecule has 0 bridgehead atoms. The fraction of sp³-hybridized carbons (Fsp3) is 0.192. The average molecular weight is 475 g/mol. The van der Waals surface area contributed by atoms with Crippen LogP contribution in [0.25, 0.3) is 11.0 Å². The molecule has 0 radical (unpaired) electrons. The number of ether oxygens (including phenoxy) is 3. The van der Waals surface area contributed by atoms with E-state index in [0.717, 1.165) is 11.0 Å². The number of anilines is 1. The van der Waals surface area contributed by atoms with Gasteiger partial charge in [-0.2, -0.15) is 0 Å². The van der Waals surface area contributed by atoms with Crippen molar-refractivity contribution >= 4 is 28.5 Å². The molecular formula is C26H26N4O5. The largest absolute Gasteiger partial charge is 0.495 e. The smallest absolute Gasteiger partial charge is 0.262 e. The standard InChI is InChI=1S/C26H26N4O5/c1-16(25-29-18-8-4-5-9-19(18)30-25)27-26(32)17-12-13-22(23(14-17)34-3)35-15-24(31)28-20-10-6-7-11-21(20)33-2/h4-14,16H,15H2,1-3H3,(H,27,32)(H,28,31)(H,29,30). The lowest BCUT2D eigenvalue weighted by atomic mass is 10.1. The van der Waals surface area contributed by atoms with E-state index in [0.29, 0.717) is 34.3 Å². The maximum Gasteiger partial charge on any atom is 0.262 e. The van der Waals surface area contributed by atoms with Gasteiger partial charge in [0.2, 0.25) is 0 Å². The number of rotatable bonds is 9. The third-order valence-corrected chi connectivity index (χ3v) is 5.33. The number of methoxy groups -OCH3 is 2. The number of H-pyrrole nitrogens is 1. The molecule has 2 amide bonds. The Morgan fingerprint density at radius 1 is 0.943 bits per heavy atom. The van der Waals surface area contributed by atoms with Crippen molar-refractivity contribution in [1.82, 2.24) is 15.3 Å². The molecular weight excluding hydrogens is 448 g/mol. The maximum atomic E-state index is 12.8. The van der Waals surface area contributed by atoms with Gasteiger partial charge < -0.3 is 29.8 Å². The van der Waals surface area contributed by atoms with E-state index in [9.17, 15) is 9.59 Å². The first-order valence-electron chi connectivity index (χ1n) is 11.0. The number of imidazole rings is 1. The fourth-order valence-corrected chi connectivity index (χ4v) is 3.53. The number of aromatic nitrogens is 2. The molecule has 0 aliphatic rings. The van der Waals surface area contributed by atoms with Gasteiger partial charge in [0, 0.05) is 5.56 Å². The summed E-state index contributed by atoms with van der Waals surface area (Å²) in [5.41, 5.74) is 2.67. The van der Waals surface area contributed by atoms with Crippen molar-refractivity contribution in [2.45, 2.75) is 13.0 Å². The minimum Gasteiger partial charge on any atom is -0.495 e. The van der Waals surface area contributed by atoms with Gasteiger partial charge in [-0.15, -0.1) is 0 Å². The van der Waals surface area contributed by atoms with E-state index in [1.165, 1.54) is 14.2 Å². The number of para-hydroxylation sites is 4. The molecule has 0 saturated heterocycles. The zero-order chi connectivity index (χ0) is 24.8. The maximum absolute atomic E-state index is 12.8. The molecule has 4 aromatic rings. The predicted octanol–water partition coefficient (Wildman–Crippen LogP) is 4.09. The van der Waals surface area contributed by atoms with Crippen molar-refractivity contribution in [2.75, 3.05) is 26.1 Å². The molecule has 1 aromatic heterocycles. The predicted molar refractivity (Wildman–Crippen MR) is 132 cm³/mol. The number of carbonyl (C=O) groups is 2. The summed E-state index contributed by atoms with van der Waals surface area (Å²) >= 11 is 0. The van der Waals surface area contributed by atoms with Crippen LogP contribution in [0.15, 0.2) is 66.7 Å². The van der Waals surface area contributed by atoms with Crippen LogP contribution < -0.4 is 24.8 Å². The molecule has 9 heteroatoms. The Kier molecular flexibility index (Phi) is 7.15. The number of nitrogens with zero attached hydrogens (tertiary/aromatic N) is 1. The van der Waals surface area contributed by atoms with E-state index in [2.05, 4.69) is 20.6 Å². The number of amides is 2. The van der Waals surface area contributed by atoms with Gasteiger partial charge in [-0.25, -0.2) is 4.98 Å². The van der Waals surface area contributed by atoms with E-state index in [1.54, 1.807) is 36.4 Å². The number of nitrogens with one attached hydrogen (secondary N) is 3. The third-order valence-electron chi connectivity index (χ3n) is 5.33. The highest BCUT2D eigenvalue weighted by Gasteiger charge is 2.17. The molecule has 4 rings (SSSR count). The molecule has 180 valence electrons. The molecule has 0 aliphatic heterocycles. The number of benzene rings is 3. The summed E-state index contributed by atoms with van der Waals surface area (Å²) in [6, 6.07) is 19.2. The highest BCUT2D eigenvalue weighted by Crippen LogP contribution is 2.29. The molecule has 0 spiro atoms. The van der Waals surface area contributed by atoms with Crippen LogP contribution >= 0.6 is 0 Å². The fourth-order valence-electron chi connectivity index (χ4n) is 3.53. The molecule has 1 heterocycles. The van der Waals surface area contributed by atoms with E-state index in [-0.39, 0.29) is 24.5 Å². The second-order valence-electron chi connectivity index (χ2n) is 7.74. The van der Waals surface area contributed by atoms with Gasteiger partial charge in [0.1, 0.15) is 11.6 Å². The lowest BCUT2D eigenvalue weighted by molar-refractivity contribution is -0.118. The van der Waals surface area contributed by atoms with Crippen molar-refractivity contribution in [3.63, 3.8) is 0 Å². The molecule has 1 atom stereocenters. The van der Waals surface area contributed by atoms with E-state index < -0.39 is 0 Å². The first-order chi connectivity index (χ1) is 17.0. The Morgan fingerprint density at radius 2 is 1.69 bits per heavy atom. The lowest BCUT2D eigenvalue weighted by Crippen LogP contribution is -2.27. The number of carbonyl (C=O) groups excluding carboxylic acids is 2. The van der Waals surface area contributed by atoms with Gasteiger partial charge in [-0.1, -0.05) is 24.3 Å². The molecule has 3 N–H and O–H groups in total. The summed E-state index contributed by atoms with van der Waals surface area (Å²) in [6.45, 7) is 1.60. The Hall–Kier alpha value is -4.53. The van der Waals surface area contributed by atoms with E-state index in [1.807, 2.05) is 37.3 Å². The van der Waals surface area contributed by atoms with Gasteiger partial charge in [0.15, 0.2) is 18.1 Å². The zero-order valence-electron chi connectivity index (χ0n) is 19.6. The average Bonchev–Trinajstić information content (AvgIpc) is 3.32. The minimum absolute atomic E-state index is 0.247. The molecule has 0 saturated carbocycles. The highest BCUT2D eigenvalue weighted by molar-refractivity contribution is 5.95. The van der Waals surface area contributed by atoms with Crippen LogP contribution in [0.1, 0.15) is 29.1 Å². The Morgan fingerprint density at radius 3 is 2.46 bits per heavy atom. The minimum atomic E-state index is -0.363. The van der Waals surface area contributed by atoms with Crippen molar-refractivity contribution in [2.24, 2.45) is 0 Å². The topological polar surface area (TPSA) is 115 Å². The van der Waals surface area contributed by atoms with Crippen molar-refractivity contribution in [1.29, 1.82) is 0 Å². The summed E-state index contributed by atoms with van der Waals surface area (Å²) < 4.78 is 16.2. The monoisotopic (exact) mass is 474 g/mol. The normalized spacial score (nSPS) is 11.5. The third kappa shape index (κ3) is 5.52. The van der Waals surface area contributed by atoms with Crippen LogP contribution in [0.3, 0.4) is 0 Å². The van der Waals surface area contributed by atoms with Crippen LogP contribution in [-0.4, -0.2) is 42.6 Å². The second kappa shape index (κ2) is 10.6. The van der Waals surface area contributed by atoms with Crippen molar-refractivity contribution in [3.8, 4) is 17.2 Å². The molecule has 1 unspecified atom stereocenters. The summed E-state index contributed by atoms with van der Waals surface area (Å²) in [7, 11) is 3.00. The van der Waals surface area contributed by atoms with E-state index in [4.69, 9.17) is 14.2 Å². The summed E-state index contributed by atoms with van der Waals surface area (Å²) in [6.07, 6.45) is 0. The summed E-state index contributed by atoms with van der Waals surface area (Å²) in [5, 5.41) is 5.67. The van der Waals surface area contributed by atoms with Gasteiger partial charge in [-0.05, 0) is 49.4 Å². The van der Waals surface area contributed by atoms with Crippen LogP contribution in [0.2, 0.25) is 0 Å². The molecule has 3 aromatic carbocycles. The van der Waals surface area contributed by atoms with Crippen LogP contribution in [0.4, 0.5) is 5.69 Å². The van der Waals surface area contributed by atoms with Crippen LogP contribution in [0, 0.1) is 0 Å². The quantitative estimate of drug-likeness (QED) is 0.337. The number of hydrogen-bond donors (Lipinski definition) is 3. The molecule has 0 fully saturated rings. The van der Waals surface area contributed by atoms with Crippen LogP contribution in [-0.2, 0) is 4.79 Å². The first-order valence-corrected chi connectivity index (χ1v) is 11.0. The van der Waals surface area contributed by atoms with Crippen LogP contribution in [0.5, 0.6) is 17.2 Å². The molecule has 0 aliphatic carbocycles.